The Morgan fingerprint density at radius 1 is 1.41 bits per heavy atom. The lowest BCUT2D eigenvalue weighted by Crippen LogP contribution is -2.28. The summed E-state index contributed by atoms with van der Waals surface area (Å²) in [5, 5.41) is 10.6. The molecule has 3 aromatic rings. The molecule has 6 nitrogen and oxygen atoms in total. The molecule has 114 valence electrons. The number of aryl methyl sites for hydroxylation is 2. The molecule has 2 N–H and O–H groups in total. The fourth-order valence-corrected chi connectivity index (χ4v) is 2.34. The number of hydrogen-bond donors (Lipinski definition) is 2. The molecule has 6 heteroatoms. The fourth-order valence-electron chi connectivity index (χ4n) is 2.34. The molecule has 0 bridgehead atoms. The van der Waals surface area contributed by atoms with Crippen LogP contribution in [-0.4, -0.2) is 27.3 Å². The molecular weight excluding hydrogens is 280 g/mol. The van der Waals surface area contributed by atoms with Gasteiger partial charge in [0.05, 0.1) is 11.7 Å². The maximum atomic E-state index is 11.9. The summed E-state index contributed by atoms with van der Waals surface area (Å²) in [5.74, 6) is 0.557. The van der Waals surface area contributed by atoms with Crippen LogP contribution in [0.25, 0.3) is 10.9 Å². The van der Waals surface area contributed by atoms with Crippen molar-refractivity contribution in [3.8, 4) is 5.75 Å². The van der Waals surface area contributed by atoms with Gasteiger partial charge in [0.1, 0.15) is 5.75 Å². The summed E-state index contributed by atoms with van der Waals surface area (Å²) in [4.78, 5) is 11.9. The number of nitrogens with one attached hydrogen (secondary N) is 2. The number of rotatable bonds is 5. The Morgan fingerprint density at radius 3 is 3.05 bits per heavy atom. The Kier molecular flexibility index (Phi) is 3.82. The molecule has 22 heavy (non-hydrogen) atoms. The van der Waals surface area contributed by atoms with Crippen LogP contribution in [0.15, 0.2) is 36.7 Å². The first-order chi connectivity index (χ1) is 10.6. The first kappa shape index (κ1) is 14.2. The van der Waals surface area contributed by atoms with E-state index >= 15 is 0 Å². The van der Waals surface area contributed by atoms with Crippen LogP contribution in [-0.2, 0) is 18.4 Å². The van der Waals surface area contributed by atoms with Gasteiger partial charge in [0, 0.05) is 36.4 Å². The summed E-state index contributed by atoms with van der Waals surface area (Å²) in [5.41, 5.74) is 3.00. The van der Waals surface area contributed by atoms with Gasteiger partial charge < -0.3 is 14.6 Å². The number of aromatic nitrogens is 3. The highest BCUT2D eigenvalue weighted by molar-refractivity contribution is 5.87. The van der Waals surface area contributed by atoms with Gasteiger partial charge >= 0.3 is 0 Å². The molecule has 0 fully saturated rings. The summed E-state index contributed by atoms with van der Waals surface area (Å²) in [6, 6.07) is 7.79. The molecule has 2 heterocycles. The van der Waals surface area contributed by atoms with E-state index in [1.807, 2.05) is 49.0 Å². The third-order valence-corrected chi connectivity index (χ3v) is 3.66. The first-order valence-electron chi connectivity index (χ1n) is 7.07. The molecule has 0 aliphatic rings. The number of carbonyl (C=O) groups excluding carboxylic acids is 1. The van der Waals surface area contributed by atoms with Crippen molar-refractivity contribution >= 4 is 16.8 Å². The van der Waals surface area contributed by atoms with E-state index in [-0.39, 0.29) is 12.5 Å². The molecule has 1 amide bonds. The van der Waals surface area contributed by atoms with Crippen LogP contribution >= 0.6 is 0 Å². The smallest absolute Gasteiger partial charge is 0.258 e. The Morgan fingerprint density at radius 2 is 2.27 bits per heavy atom. The number of amides is 1. The van der Waals surface area contributed by atoms with E-state index in [4.69, 9.17) is 4.74 Å². The van der Waals surface area contributed by atoms with Gasteiger partial charge in [-0.2, -0.15) is 5.10 Å². The minimum Gasteiger partial charge on any atom is -0.483 e. The summed E-state index contributed by atoms with van der Waals surface area (Å²) >= 11 is 0. The van der Waals surface area contributed by atoms with Gasteiger partial charge in [0.2, 0.25) is 0 Å². The number of aromatic amines is 1. The van der Waals surface area contributed by atoms with Crippen LogP contribution in [0.3, 0.4) is 0 Å². The molecule has 0 unspecified atom stereocenters. The molecule has 1 aromatic carbocycles. The van der Waals surface area contributed by atoms with Gasteiger partial charge in [-0.1, -0.05) is 6.07 Å². The fraction of sp³-hybridized carbons (Fsp3) is 0.250. The summed E-state index contributed by atoms with van der Waals surface area (Å²) in [6.07, 6.45) is 3.68. The van der Waals surface area contributed by atoms with Gasteiger partial charge in [-0.15, -0.1) is 0 Å². The lowest BCUT2D eigenvalue weighted by atomic mass is 10.2. The first-order valence-corrected chi connectivity index (χ1v) is 7.07. The molecule has 0 saturated heterocycles. The predicted octanol–water partition coefficient (Wildman–Crippen LogP) is 1.91. The van der Waals surface area contributed by atoms with Crippen LogP contribution < -0.4 is 10.1 Å². The van der Waals surface area contributed by atoms with Crippen LogP contribution in [0, 0.1) is 6.92 Å². The van der Waals surface area contributed by atoms with Gasteiger partial charge in [-0.3, -0.25) is 9.89 Å². The molecule has 0 atom stereocenters. The third kappa shape index (κ3) is 2.81. The molecule has 0 aliphatic heterocycles. The van der Waals surface area contributed by atoms with Crippen LogP contribution in [0.4, 0.5) is 0 Å². The van der Waals surface area contributed by atoms with Crippen molar-refractivity contribution in [3.05, 3.63) is 47.9 Å². The van der Waals surface area contributed by atoms with E-state index < -0.39 is 0 Å². The lowest BCUT2D eigenvalue weighted by Gasteiger charge is -2.08. The van der Waals surface area contributed by atoms with Gasteiger partial charge in [-0.05, 0) is 25.1 Å². The van der Waals surface area contributed by atoms with E-state index in [0.29, 0.717) is 12.3 Å². The monoisotopic (exact) mass is 298 g/mol. The highest BCUT2D eigenvalue weighted by Crippen LogP contribution is 2.25. The SMILES string of the molecule is Cc1[nH]ncc1CNC(=O)COc1cccc2c1ccn2C. The lowest BCUT2D eigenvalue weighted by molar-refractivity contribution is -0.123. The van der Waals surface area contributed by atoms with Crippen LogP contribution in [0.1, 0.15) is 11.3 Å². The molecule has 0 spiro atoms. The van der Waals surface area contributed by atoms with Crippen LogP contribution in [0.2, 0.25) is 0 Å². The second kappa shape index (κ2) is 5.93. The van der Waals surface area contributed by atoms with Gasteiger partial charge in [0.25, 0.3) is 5.91 Å². The topological polar surface area (TPSA) is 71.9 Å². The van der Waals surface area contributed by atoms with Crippen molar-refractivity contribution in [1.82, 2.24) is 20.1 Å². The average molecular weight is 298 g/mol. The largest absolute Gasteiger partial charge is 0.483 e. The molecule has 2 aromatic heterocycles. The highest BCUT2D eigenvalue weighted by Gasteiger charge is 2.08. The van der Waals surface area contributed by atoms with Gasteiger partial charge in [0.15, 0.2) is 6.61 Å². The van der Waals surface area contributed by atoms with Crippen molar-refractivity contribution in [2.24, 2.45) is 7.05 Å². The van der Waals surface area contributed by atoms with Crippen molar-refractivity contribution in [2.75, 3.05) is 6.61 Å². The number of fused-ring (bicyclic) bond motifs is 1. The molecular formula is C16H18N4O2. The number of hydrogen-bond acceptors (Lipinski definition) is 3. The maximum absolute atomic E-state index is 11.9. The predicted molar refractivity (Wildman–Crippen MR) is 83.6 cm³/mol. The Bertz CT molecular complexity index is 803. The quantitative estimate of drug-likeness (QED) is 0.755. The number of nitrogens with zero attached hydrogens (tertiary/aromatic N) is 2. The van der Waals surface area contributed by atoms with Crippen molar-refractivity contribution in [3.63, 3.8) is 0 Å². The summed E-state index contributed by atoms with van der Waals surface area (Å²) in [7, 11) is 1.98. The van der Waals surface area contributed by atoms with Crippen LogP contribution in [0.5, 0.6) is 5.75 Å². The minimum absolute atomic E-state index is 0.00902. The Balaban J connectivity index is 1.59. The van der Waals surface area contributed by atoms with E-state index in [9.17, 15) is 4.79 Å². The molecule has 0 radical (unpaired) electrons. The number of H-pyrrole nitrogens is 1. The van der Waals surface area contributed by atoms with E-state index in [1.165, 1.54) is 0 Å². The van der Waals surface area contributed by atoms with Crippen molar-refractivity contribution < 1.29 is 9.53 Å². The number of ether oxygens (including phenoxy) is 1. The minimum atomic E-state index is -0.159. The van der Waals surface area contributed by atoms with Crippen molar-refractivity contribution in [1.29, 1.82) is 0 Å². The second-order valence-electron chi connectivity index (χ2n) is 5.20. The normalized spacial score (nSPS) is 10.8. The Hall–Kier alpha value is -2.76. The average Bonchev–Trinajstić information content (AvgIpc) is 3.10. The van der Waals surface area contributed by atoms with E-state index in [0.717, 1.165) is 22.2 Å². The molecule has 0 aliphatic carbocycles. The standard InChI is InChI=1S/C16H18N4O2/c1-11-12(9-18-19-11)8-17-16(21)10-22-15-5-3-4-14-13(15)6-7-20(14)2/h3-7,9H,8,10H2,1-2H3,(H,17,21)(H,18,19). The molecule has 0 saturated carbocycles. The zero-order valence-electron chi connectivity index (χ0n) is 12.6. The zero-order valence-corrected chi connectivity index (χ0v) is 12.6. The molecule has 3 rings (SSSR count). The third-order valence-electron chi connectivity index (χ3n) is 3.66. The number of benzene rings is 1. The van der Waals surface area contributed by atoms with E-state index in [1.54, 1.807) is 6.20 Å². The highest BCUT2D eigenvalue weighted by atomic mass is 16.5. The van der Waals surface area contributed by atoms with Gasteiger partial charge in [-0.25, -0.2) is 0 Å². The van der Waals surface area contributed by atoms with Crippen molar-refractivity contribution in [2.45, 2.75) is 13.5 Å². The summed E-state index contributed by atoms with van der Waals surface area (Å²) in [6.45, 7) is 2.35. The maximum Gasteiger partial charge on any atom is 0.258 e. The second-order valence-corrected chi connectivity index (χ2v) is 5.20. The Labute approximate surface area is 128 Å². The van der Waals surface area contributed by atoms with E-state index in [2.05, 4.69) is 15.5 Å². The zero-order chi connectivity index (χ0) is 15.5. The summed E-state index contributed by atoms with van der Waals surface area (Å²) < 4.78 is 7.66. The number of carbonyl (C=O) groups is 1.